The highest BCUT2D eigenvalue weighted by molar-refractivity contribution is 5.39. The normalized spacial score (nSPS) is 13.9. The lowest BCUT2D eigenvalue weighted by atomic mass is 9.85. The molecule has 0 aliphatic rings. The summed E-state index contributed by atoms with van der Waals surface area (Å²) in [4.78, 5) is 0. The van der Waals surface area contributed by atoms with Crippen molar-refractivity contribution in [1.29, 1.82) is 5.26 Å². The fraction of sp³-hybridized carbons (Fsp3) is 0.562. The van der Waals surface area contributed by atoms with Crippen molar-refractivity contribution in [3.63, 3.8) is 0 Å². The molecule has 0 amide bonds. The predicted octanol–water partition coefficient (Wildman–Crippen LogP) is 3.31. The summed E-state index contributed by atoms with van der Waals surface area (Å²) in [5.74, 6) is 1.19. The van der Waals surface area contributed by atoms with Crippen molar-refractivity contribution in [2.45, 2.75) is 33.2 Å². The maximum Gasteiger partial charge on any atom is 0.122 e. The molecule has 0 spiro atoms. The van der Waals surface area contributed by atoms with Gasteiger partial charge in [0, 0.05) is 6.04 Å². The third-order valence-electron chi connectivity index (χ3n) is 3.58. The van der Waals surface area contributed by atoms with Gasteiger partial charge in [-0.15, -0.1) is 0 Å². The Morgan fingerprint density at radius 3 is 2.47 bits per heavy atom. The van der Waals surface area contributed by atoms with Crippen molar-refractivity contribution >= 4 is 0 Å². The molecule has 0 radical (unpaired) electrons. The van der Waals surface area contributed by atoms with Gasteiger partial charge < -0.3 is 10.1 Å². The van der Waals surface area contributed by atoms with Crippen LogP contribution in [0.3, 0.4) is 0 Å². The Morgan fingerprint density at radius 2 is 2.05 bits per heavy atom. The molecule has 0 aliphatic heterocycles. The van der Waals surface area contributed by atoms with Crippen LogP contribution in [0.25, 0.3) is 0 Å². The maximum atomic E-state index is 9.37. The number of aryl methyl sites for hydroxylation is 1. The fourth-order valence-electron chi connectivity index (χ4n) is 2.43. The van der Waals surface area contributed by atoms with Crippen molar-refractivity contribution in [3.8, 4) is 11.8 Å². The summed E-state index contributed by atoms with van der Waals surface area (Å²) in [5, 5.41) is 12.6. The van der Waals surface area contributed by atoms with Crippen molar-refractivity contribution in [1.82, 2.24) is 5.32 Å². The van der Waals surface area contributed by atoms with E-state index in [-0.39, 0.29) is 12.0 Å². The molecule has 0 aliphatic carbocycles. The largest absolute Gasteiger partial charge is 0.496 e. The minimum atomic E-state index is -0.0388. The van der Waals surface area contributed by atoms with Gasteiger partial charge in [0.25, 0.3) is 0 Å². The summed E-state index contributed by atoms with van der Waals surface area (Å²) in [6.45, 7) is 6.28. The van der Waals surface area contributed by atoms with E-state index in [0.717, 1.165) is 17.7 Å². The lowest BCUT2D eigenvalue weighted by Crippen LogP contribution is -2.27. The van der Waals surface area contributed by atoms with E-state index >= 15 is 0 Å². The number of ether oxygens (including phenoxy) is 1. The van der Waals surface area contributed by atoms with Crippen molar-refractivity contribution in [2.75, 3.05) is 14.2 Å². The van der Waals surface area contributed by atoms with Gasteiger partial charge >= 0.3 is 0 Å². The first-order valence-electron chi connectivity index (χ1n) is 6.82. The van der Waals surface area contributed by atoms with E-state index in [1.54, 1.807) is 7.11 Å². The molecule has 0 saturated carbocycles. The van der Waals surface area contributed by atoms with Crippen LogP contribution in [0, 0.1) is 23.2 Å². The lowest BCUT2D eigenvalue weighted by Gasteiger charge is -2.25. The van der Waals surface area contributed by atoms with E-state index in [9.17, 15) is 5.26 Å². The Hall–Kier alpha value is -1.53. The number of methoxy groups -OCH3 is 1. The van der Waals surface area contributed by atoms with Crippen LogP contribution in [0.1, 0.15) is 37.9 Å². The summed E-state index contributed by atoms with van der Waals surface area (Å²) in [5.41, 5.74) is 2.33. The zero-order valence-electron chi connectivity index (χ0n) is 12.5. The van der Waals surface area contributed by atoms with Crippen LogP contribution in [-0.2, 0) is 6.42 Å². The van der Waals surface area contributed by atoms with Crippen LogP contribution in [0.5, 0.6) is 5.75 Å². The van der Waals surface area contributed by atoms with Gasteiger partial charge in [0.1, 0.15) is 5.75 Å². The van der Waals surface area contributed by atoms with E-state index < -0.39 is 0 Å². The van der Waals surface area contributed by atoms with Crippen LogP contribution in [0.2, 0.25) is 0 Å². The Labute approximate surface area is 116 Å². The first-order valence-corrected chi connectivity index (χ1v) is 6.82. The van der Waals surface area contributed by atoms with Gasteiger partial charge in [0.15, 0.2) is 0 Å². The minimum absolute atomic E-state index is 0.0388. The molecule has 0 bridgehead atoms. The zero-order valence-corrected chi connectivity index (χ0v) is 12.5. The lowest BCUT2D eigenvalue weighted by molar-refractivity contribution is 0.362. The third-order valence-corrected chi connectivity index (χ3v) is 3.58. The van der Waals surface area contributed by atoms with E-state index in [1.807, 2.05) is 19.2 Å². The maximum absolute atomic E-state index is 9.37. The van der Waals surface area contributed by atoms with Crippen LogP contribution in [-0.4, -0.2) is 14.2 Å². The number of nitrogens with one attached hydrogen (secondary N) is 1. The van der Waals surface area contributed by atoms with E-state index in [4.69, 9.17) is 4.74 Å². The third kappa shape index (κ3) is 3.48. The van der Waals surface area contributed by atoms with Crippen LogP contribution in [0.15, 0.2) is 18.2 Å². The smallest absolute Gasteiger partial charge is 0.122 e. The van der Waals surface area contributed by atoms with Crippen LogP contribution < -0.4 is 10.1 Å². The Bertz CT molecular complexity index is 449. The van der Waals surface area contributed by atoms with E-state index in [1.165, 1.54) is 5.56 Å². The molecule has 0 aromatic heterocycles. The molecule has 0 fully saturated rings. The highest BCUT2D eigenvalue weighted by Crippen LogP contribution is 2.30. The molecule has 1 aromatic rings. The molecule has 1 N–H and O–H groups in total. The number of nitrogens with zero attached hydrogens (tertiary/aromatic N) is 1. The molecule has 3 heteroatoms. The minimum Gasteiger partial charge on any atom is -0.496 e. The monoisotopic (exact) mass is 260 g/mol. The van der Waals surface area contributed by atoms with Crippen LogP contribution >= 0.6 is 0 Å². The van der Waals surface area contributed by atoms with Crippen molar-refractivity contribution in [2.24, 2.45) is 11.8 Å². The number of hydrogen-bond donors (Lipinski definition) is 1. The molecule has 104 valence electrons. The number of nitriles is 1. The topological polar surface area (TPSA) is 45.0 Å². The molecule has 3 nitrogen and oxygen atoms in total. The highest BCUT2D eigenvalue weighted by atomic mass is 16.5. The molecule has 1 aromatic carbocycles. The SMILES string of the molecule is CCc1cc(C(NC)C(C#N)C(C)C)ccc1OC. The Balaban J connectivity index is 3.15. The van der Waals surface area contributed by atoms with Gasteiger partial charge in [-0.3, -0.25) is 0 Å². The molecular weight excluding hydrogens is 236 g/mol. The second kappa shape index (κ2) is 7.16. The molecule has 1 rings (SSSR count). The average Bonchev–Trinajstić information content (AvgIpc) is 2.43. The Kier molecular flexibility index (Phi) is 5.85. The van der Waals surface area contributed by atoms with Crippen molar-refractivity contribution < 1.29 is 4.74 Å². The number of hydrogen-bond acceptors (Lipinski definition) is 3. The van der Waals surface area contributed by atoms with Gasteiger partial charge in [-0.25, -0.2) is 0 Å². The summed E-state index contributed by atoms with van der Waals surface area (Å²) >= 11 is 0. The number of benzene rings is 1. The first-order chi connectivity index (χ1) is 9.08. The van der Waals surface area contributed by atoms with Gasteiger partial charge in [-0.1, -0.05) is 32.9 Å². The first kappa shape index (κ1) is 15.5. The fourth-order valence-corrected chi connectivity index (χ4v) is 2.43. The summed E-state index contributed by atoms with van der Waals surface area (Å²) in [7, 11) is 3.60. The number of rotatable bonds is 6. The molecule has 0 saturated heterocycles. The second-order valence-electron chi connectivity index (χ2n) is 5.09. The standard InChI is InChI=1S/C16H24N2O/c1-6-12-9-13(7-8-15(12)19-5)16(18-4)14(10-17)11(2)3/h7-9,11,14,16,18H,6H2,1-5H3. The average molecular weight is 260 g/mol. The molecule has 2 unspecified atom stereocenters. The van der Waals surface area contributed by atoms with Crippen molar-refractivity contribution in [3.05, 3.63) is 29.3 Å². The van der Waals surface area contributed by atoms with Gasteiger partial charge in [0.2, 0.25) is 0 Å². The van der Waals surface area contributed by atoms with Gasteiger partial charge in [-0.2, -0.15) is 5.26 Å². The quantitative estimate of drug-likeness (QED) is 0.853. The van der Waals surface area contributed by atoms with E-state index in [0.29, 0.717) is 5.92 Å². The predicted molar refractivity (Wildman–Crippen MR) is 78.1 cm³/mol. The van der Waals surface area contributed by atoms with E-state index in [2.05, 4.69) is 38.2 Å². The van der Waals surface area contributed by atoms with Crippen LogP contribution in [0.4, 0.5) is 0 Å². The Morgan fingerprint density at radius 1 is 1.37 bits per heavy atom. The molecule has 0 heterocycles. The zero-order chi connectivity index (χ0) is 14.4. The second-order valence-corrected chi connectivity index (χ2v) is 5.09. The highest BCUT2D eigenvalue weighted by Gasteiger charge is 2.25. The summed E-state index contributed by atoms with van der Waals surface area (Å²) < 4.78 is 5.35. The molecular formula is C16H24N2O. The summed E-state index contributed by atoms with van der Waals surface area (Å²) in [6.07, 6.45) is 0.923. The summed E-state index contributed by atoms with van der Waals surface area (Å²) in [6, 6.07) is 8.67. The molecule has 2 atom stereocenters. The van der Waals surface area contributed by atoms with Gasteiger partial charge in [0.05, 0.1) is 19.1 Å². The molecule has 19 heavy (non-hydrogen) atoms. The van der Waals surface area contributed by atoms with Gasteiger partial charge in [-0.05, 0) is 36.6 Å².